The van der Waals surface area contributed by atoms with Crippen molar-refractivity contribution >= 4 is 28.2 Å². The molecule has 0 aliphatic carbocycles. The molecule has 2 aromatic rings. The van der Waals surface area contributed by atoms with Crippen LogP contribution in [0.1, 0.15) is 38.1 Å². The highest BCUT2D eigenvalue weighted by atomic mass is 32.1. The van der Waals surface area contributed by atoms with Crippen LogP contribution in [0, 0.1) is 6.92 Å². The number of methoxy groups -OCH3 is 1. The van der Waals surface area contributed by atoms with Crippen molar-refractivity contribution in [2.45, 2.75) is 20.3 Å². The topological polar surface area (TPSA) is 75.6 Å². The van der Waals surface area contributed by atoms with Gasteiger partial charge in [0.05, 0.1) is 12.1 Å². The van der Waals surface area contributed by atoms with Crippen LogP contribution < -0.4 is 10.1 Å². The minimum Gasteiger partial charge on any atom is -0.497 e. The summed E-state index contributed by atoms with van der Waals surface area (Å²) in [6.45, 7) is 3.71. The first-order chi connectivity index (χ1) is 10.5. The van der Waals surface area contributed by atoms with E-state index in [4.69, 9.17) is 9.84 Å². The van der Waals surface area contributed by atoms with E-state index in [2.05, 4.69) is 5.32 Å². The lowest BCUT2D eigenvalue weighted by molar-refractivity contribution is 0.0701. The third-order valence-corrected chi connectivity index (χ3v) is 4.38. The minimum atomic E-state index is -0.969. The molecule has 6 heteroatoms. The monoisotopic (exact) mass is 319 g/mol. The molecule has 22 heavy (non-hydrogen) atoms. The highest BCUT2D eigenvalue weighted by molar-refractivity contribution is 7.18. The summed E-state index contributed by atoms with van der Waals surface area (Å²) in [7, 11) is 1.57. The fourth-order valence-corrected chi connectivity index (χ4v) is 3.12. The molecule has 0 radical (unpaired) electrons. The van der Waals surface area contributed by atoms with Gasteiger partial charge in [0.25, 0.3) is 5.91 Å². The Morgan fingerprint density at radius 1 is 1.32 bits per heavy atom. The molecule has 1 amide bonds. The van der Waals surface area contributed by atoms with E-state index in [1.807, 2.05) is 13.8 Å². The molecule has 0 spiro atoms. The predicted octanol–water partition coefficient (Wildman–Crippen LogP) is 3.58. The molecule has 116 valence electrons. The van der Waals surface area contributed by atoms with Crippen molar-refractivity contribution in [1.82, 2.24) is 0 Å². The van der Waals surface area contributed by atoms with Crippen LogP contribution in [0.2, 0.25) is 0 Å². The third kappa shape index (κ3) is 3.28. The third-order valence-electron chi connectivity index (χ3n) is 3.30. The van der Waals surface area contributed by atoms with Crippen molar-refractivity contribution in [3.05, 3.63) is 45.8 Å². The van der Waals surface area contributed by atoms with Crippen LogP contribution >= 0.6 is 11.3 Å². The average Bonchev–Trinajstić information content (AvgIpc) is 2.90. The Bertz CT molecular complexity index is 721. The molecule has 1 heterocycles. The number of hydrogen-bond donors (Lipinski definition) is 2. The first-order valence-corrected chi connectivity index (χ1v) is 7.60. The van der Waals surface area contributed by atoms with E-state index in [1.165, 1.54) is 0 Å². The van der Waals surface area contributed by atoms with Crippen molar-refractivity contribution in [2.24, 2.45) is 0 Å². The zero-order valence-electron chi connectivity index (χ0n) is 12.6. The molecule has 2 rings (SSSR count). The number of carbonyl (C=O) groups excluding carboxylic acids is 1. The fourth-order valence-electron chi connectivity index (χ4n) is 2.13. The lowest BCUT2D eigenvalue weighted by Crippen LogP contribution is -2.12. The van der Waals surface area contributed by atoms with Crippen LogP contribution in [-0.2, 0) is 6.42 Å². The molecule has 0 fully saturated rings. The lowest BCUT2D eigenvalue weighted by Gasteiger charge is -2.07. The van der Waals surface area contributed by atoms with Crippen LogP contribution in [0.15, 0.2) is 24.3 Å². The first-order valence-electron chi connectivity index (χ1n) is 6.78. The van der Waals surface area contributed by atoms with Crippen molar-refractivity contribution in [1.29, 1.82) is 0 Å². The molecule has 0 aliphatic heterocycles. The van der Waals surface area contributed by atoms with Crippen LogP contribution in [0.25, 0.3) is 0 Å². The first kappa shape index (κ1) is 16.0. The summed E-state index contributed by atoms with van der Waals surface area (Å²) in [6.07, 6.45) is 0.607. The van der Waals surface area contributed by atoms with Gasteiger partial charge in [-0.25, -0.2) is 4.79 Å². The van der Waals surface area contributed by atoms with Crippen LogP contribution in [0.4, 0.5) is 5.00 Å². The maximum atomic E-state index is 12.3. The van der Waals surface area contributed by atoms with Crippen molar-refractivity contribution in [2.75, 3.05) is 12.4 Å². The van der Waals surface area contributed by atoms with Gasteiger partial charge in [0.15, 0.2) is 0 Å². The van der Waals surface area contributed by atoms with E-state index < -0.39 is 5.97 Å². The molecule has 0 aliphatic rings. The zero-order chi connectivity index (χ0) is 16.3. The second-order valence-electron chi connectivity index (χ2n) is 4.76. The molecule has 0 saturated heterocycles. The van der Waals surface area contributed by atoms with Gasteiger partial charge >= 0.3 is 5.97 Å². The smallest absolute Gasteiger partial charge is 0.346 e. The molecule has 1 aromatic heterocycles. The van der Waals surface area contributed by atoms with Crippen LogP contribution in [-0.4, -0.2) is 24.1 Å². The van der Waals surface area contributed by atoms with Gasteiger partial charge in [-0.3, -0.25) is 4.79 Å². The van der Waals surface area contributed by atoms with Gasteiger partial charge in [-0.15, -0.1) is 11.3 Å². The normalized spacial score (nSPS) is 10.3. The van der Waals surface area contributed by atoms with Gasteiger partial charge in [-0.1, -0.05) is 6.92 Å². The fraction of sp³-hybridized carbons (Fsp3) is 0.250. The highest BCUT2D eigenvalue weighted by Gasteiger charge is 2.17. The zero-order valence-corrected chi connectivity index (χ0v) is 13.4. The molecular formula is C16H17NO4S. The van der Waals surface area contributed by atoms with Crippen molar-refractivity contribution in [3.8, 4) is 5.75 Å². The maximum Gasteiger partial charge on any atom is 0.346 e. The van der Waals surface area contributed by atoms with E-state index in [9.17, 15) is 9.59 Å². The highest BCUT2D eigenvalue weighted by Crippen LogP contribution is 2.28. The van der Waals surface area contributed by atoms with E-state index in [-0.39, 0.29) is 10.8 Å². The van der Waals surface area contributed by atoms with Gasteiger partial charge in [0.2, 0.25) is 0 Å². The summed E-state index contributed by atoms with van der Waals surface area (Å²) >= 11 is 1.07. The van der Waals surface area contributed by atoms with E-state index in [0.29, 0.717) is 22.7 Å². The number of carboxylic acids is 1. The van der Waals surface area contributed by atoms with E-state index in [1.54, 1.807) is 31.4 Å². The number of ether oxygens (including phenoxy) is 1. The quantitative estimate of drug-likeness (QED) is 0.883. The van der Waals surface area contributed by atoms with Gasteiger partial charge in [0.1, 0.15) is 10.6 Å². The Kier molecular flexibility index (Phi) is 4.82. The number of carboxylic acid groups (broad SMARTS) is 1. The Balaban J connectivity index is 2.24. The molecule has 2 N–H and O–H groups in total. The molecule has 0 saturated carbocycles. The number of anilines is 1. The molecule has 0 unspecified atom stereocenters. The van der Waals surface area contributed by atoms with Crippen LogP contribution in [0.3, 0.4) is 0 Å². The molecular weight excluding hydrogens is 302 g/mol. The molecule has 0 atom stereocenters. The molecule has 0 bridgehead atoms. The number of thiophene rings is 1. The van der Waals surface area contributed by atoms with Gasteiger partial charge < -0.3 is 15.2 Å². The summed E-state index contributed by atoms with van der Waals surface area (Å²) in [5.74, 6) is -0.546. The second-order valence-corrected chi connectivity index (χ2v) is 5.81. The average molecular weight is 319 g/mol. The SMILES string of the molecule is CCc1cc(NC(=O)c2ccc(OC)cc2C)sc1C(=O)O. The summed E-state index contributed by atoms with van der Waals surface area (Å²) in [6, 6.07) is 6.90. The van der Waals surface area contributed by atoms with E-state index in [0.717, 1.165) is 22.5 Å². The Morgan fingerprint density at radius 2 is 2.05 bits per heavy atom. The Labute approximate surface area is 132 Å². The Morgan fingerprint density at radius 3 is 2.55 bits per heavy atom. The number of carbonyl (C=O) groups is 2. The number of benzene rings is 1. The summed E-state index contributed by atoms with van der Waals surface area (Å²) < 4.78 is 5.11. The summed E-state index contributed by atoms with van der Waals surface area (Å²) in [5, 5.41) is 12.4. The Hall–Kier alpha value is -2.34. The summed E-state index contributed by atoms with van der Waals surface area (Å²) in [5.41, 5.74) is 2.05. The number of aromatic carboxylic acids is 1. The summed E-state index contributed by atoms with van der Waals surface area (Å²) in [4.78, 5) is 23.7. The second kappa shape index (κ2) is 6.62. The standard InChI is InChI=1S/C16H17NO4S/c1-4-10-8-13(22-14(10)16(19)20)17-15(18)12-6-5-11(21-3)7-9(12)2/h5-8H,4H2,1-3H3,(H,17,18)(H,19,20). The van der Waals surface area contributed by atoms with Crippen molar-refractivity contribution in [3.63, 3.8) is 0 Å². The van der Waals surface area contributed by atoms with Gasteiger partial charge in [-0.2, -0.15) is 0 Å². The number of hydrogen-bond acceptors (Lipinski definition) is 4. The molecule has 1 aromatic carbocycles. The number of rotatable bonds is 5. The number of aryl methyl sites for hydroxylation is 2. The van der Waals surface area contributed by atoms with Gasteiger partial charge in [0, 0.05) is 5.56 Å². The molecule has 5 nitrogen and oxygen atoms in total. The van der Waals surface area contributed by atoms with Crippen molar-refractivity contribution < 1.29 is 19.4 Å². The number of nitrogens with one attached hydrogen (secondary N) is 1. The van der Waals surface area contributed by atoms with Crippen LogP contribution in [0.5, 0.6) is 5.75 Å². The largest absolute Gasteiger partial charge is 0.497 e. The van der Waals surface area contributed by atoms with Gasteiger partial charge in [-0.05, 0) is 48.7 Å². The van der Waals surface area contributed by atoms with E-state index >= 15 is 0 Å². The maximum absolute atomic E-state index is 12.3. The lowest BCUT2D eigenvalue weighted by atomic mass is 10.1. The number of amides is 1. The minimum absolute atomic E-state index is 0.263. The predicted molar refractivity (Wildman–Crippen MR) is 86.3 cm³/mol.